The molecule has 1 fully saturated rings. The second-order valence-corrected chi connectivity index (χ2v) is 5.14. The number of benzene rings is 1. The van der Waals surface area contributed by atoms with Gasteiger partial charge in [-0.2, -0.15) is 0 Å². The number of carboxylic acids is 1. The first-order valence-electron chi connectivity index (χ1n) is 5.98. The molecular weight excluding hydrogens is 284 g/mol. The van der Waals surface area contributed by atoms with Crippen LogP contribution in [0.1, 0.15) is 23.7 Å². The molecule has 0 spiro atoms. The number of hydrogen-bond acceptors (Lipinski definition) is 3. The van der Waals surface area contributed by atoms with Crippen molar-refractivity contribution in [3.8, 4) is 0 Å². The molecule has 7 heteroatoms. The number of aromatic carboxylic acids is 1. The Morgan fingerprint density at radius 2 is 2.15 bits per heavy atom. The fraction of sp³-hybridized carbons (Fsp3) is 0.308. The molecule has 0 bridgehead atoms. The van der Waals surface area contributed by atoms with Gasteiger partial charge in [-0.1, -0.05) is 0 Å². The van der Waals surface area contributed by atoms with E-state index in [1.165, 1.54) is 24.0 Å². The van der Waals surface area contributed by atoms with E-state index in [1.54, 1.807) is 6.07 Å². The number of carboxylic acid groups (broad SMARTS) is 1. The van der Waals surface area contributed by atoms with Crippen molar-refractivity contribution < 1.29 is 19.5 Å². The van der Waals surface area contributed by atoms with E-state index in [9.17, 15) is 19.5 Å². The highest BCUT2D eigenvalue weighted by Gasteiger charge is 2.31. The van der Waals surface area contributed by atoms with E-state index >= 15 is 0 Å². The molecule has 1 aromatic carbocycles. The summed E-state index contributed by atoms with van der Waals surface area (Å²) in [5.41, 5.74) is 0.614. The summed E-state index contributed by atoms with van der Waals surface area (Å²) < 4.78 is 0. The molecule has 2 amide bonds. The first kappa shape index (κ1) is 14.3. The van der Waals surface area contributed by atoms with Crippen LogP contribution < -0.4 is 10.2 Å². The number of rotatable bonds is 3. The van der Waals surface area contributed by atoms with E-state index < -0.39 is 5.97 Å². The summed E-state index contributed by atoms with van der Waals surface area (Å²) >= 11 is 5.92. The summed E-state index contributed by atoms with van der Waals surface area (Å²) in [7, 11) is 0. The Morgan fingerprint density at radius 3 is 2.65 bits per heavy atom. The van der Waals surface area contributed by atoms with E-state index in [2.05, 4.69) is 5.32 Å². The molecule has 1 saturated heterocycles. The predicted molar refractivity (Wildman–Crippen MR) is 74.3 cm³/mol. The lowest BCUT2D eigenvalue weighted by atomic mass is 10.1. The Balaban J connectivity index is 2.40. The predicted octanol–water partition coefficient (Wildman–Crippen LogP) is 1.69. The Bertz CT molecular complexity index is 588. The van der Waals surface area contributed by atoms with Gasteiger partial charge < -0.3 is 15.3 Å². The summed E-state index contributed by atoms with van der Waals surface area (Å²) in [6.45, 7) is 1.61. The van der Waals surface area contributed by atoms with Gasteiger partial charge >= 0.3 is 5.97 Å². The minimum atomic E-state index is -1.17. The zero-order valence-electron chi connectivity index (χ0n) is 10.7. The Labute approximate surface area is 120 Å². The maximum absolute atomic E-state index is 11.8. The van der Waals surface area contributed by atoms with Crippen LogP contribution in [0, 0.1) is 0 Å². The molecule has 6 nitrogen and oxygen atoms in total. The highest BCUT2D eigenvalue weighted by Crippen LogP contribution is 2.29. The highest BCUT2D eigenvalue weighted by molar-refractivity contribution is 6.24. The highest BCUT2D eigenvalue weighted by atomic mass is 35.5. The van der Waals surface area contributed by atoms with Gasteiger partial charge in [-0.3, -0.25) is 9.59 Å². The monoisotopic (exact) mass is 296 g/mol. The Hall–Kier alpha value is -2.08. The number of alkyl halides is 1. The standard InChI is InChI=1S/C13H13ClN2O4/c1-7(17)15-9-2-3-11(10(5-9)13(19)20)16-6-8(14)4-12(16)18/h2-3,5,8H,4,6H2,1H3,(H,15,17)(H,19,20). The average Bonchev–Trinajstić information content (AvgIpc) is 2.67. The molecule has 1 aliphatic rings. The summed E-state index contributed by atoms with van der Waals surface area (Å²) in [6, 6.07) is 4.38. The first-order valence-corrected chi connectivity index (χ1v) is 6.41. The maximum atomic E-state index is 11.8. The molecule has 1 aromatic rings. The van der Waals surface area contributed by atoms with Crippen molar-refractivity contribution in [3.63, 3.8) is 0 Å². The summed E-state index contributed by atoms with van der Waals surface area (Å²) in [5, 5.41) is 11.4. The number of amides is 2. The number of halogens is 1. The maximum Gasteiger partial charge on any atom is 0.337 e. The molecule has 0 radical (unpaired) electrons. The molecule has 20 heavy (non-hydrogen) atoms. The summed E-state index contributed by atoms with van der Waals surface area (Å²) in [6.07, 6.45) is 0.189. The fourth-order valence-electron chi connectivity index (χ4n) is 2.12. The SMILES string of the molecule is CC(=O)Nc1ccc(N2CC(Cl)CC2=O)c(C(=O)O)c1. The van der Waals surface area contributed by atoms with Crippen LogP contribution in [0.4, 0.5) is 11.4 Å². The zero-order chi connectivity index (χ0) is 14.9. The number of hydrogen-bond donors (Lipinski definition) is 2. The van der Waals surface area contributed by atoms with Crippen LogP contribution >= 0.6 is 11.6 Å². The van der Waals surface area contributed by atoms with E-state index in [0.29, 0.717) is 11.4 Å². The Kier molecular flexibility index (Phi) is 3.94. The average molecular weight is 297 g/mol. The molecule has 1 atom stereocenters. The van der Waals surface area contributed by atoms with Gasteiger partial charge in [0.1, 0.15) is 0 Å². The van der Waals surface area contributed by atoms with E-state index in [0.717, 1.165) is 0 Å². The minimum absolute atomic E-state index is 0.0460. The second kappa shape index (κ2) is 5.50. The summed E-state index contributed by atoms with van der Waals surface area (Å²) in [5.74, 6) is -1.68. The lowest BCUT2D eigenvalue weighted by Gasteiger charge is -2.19. The molecule has 0 saturated carbocycles. The van der Waals surface area contributed by atoms with Gasteiger partial charge in [-0.05, 0) is 18.2 Å². The summed E-state index contributed by atoms with van der Waals surface area (Å²) in [4.78, 5) is 35.5. The number of carbonyl (C=O) groups is 3. The van der Waals surface area contributed by atoms with E-state index in [-0.39, 0.29) is 35.7 Å². The van der Waals surface area contributed by atoms with Crippen molar-refractivity contribution in [1.29, 1.82) is 0 Å². The van der Waals surface area contributed by atoms with Crippen LogP contribution in [0.2, 0.25) is 0 Å². The van der Waals surface area contributed by atoms with Crippen LogP contribution in [-0.4, -0.2) is 34.8 Å². The Morgan fingerprint density at radius 1 is 1.45 bits per heavy atom. The van der Waals surface area contributed by atoms with Crippen molar-refractivity contribution in [3.05, 3.63) is 23.8 Å². The third kappa shape index (κ3) is 2.91. The molecule has 1 aliphatic heterocycles. The van der Waals surface area contributed by atoms with Crippen LogP contribution in [0.15, 0.2) is 18.2 Å². The molecule has 2 N–H and O–H groups in total. The lowest BCUT2D eigenvalue weighted by Crippen LogP contribution is -2.26. The molecule has 0 aromatic heterocycles. The molecule has 0 aliphatic carbocycles. The van der Waals surface area contributed by atoms with Gasteiger partial charge in [0.15, 0.2) is 0 Å². The van der Waals surface area contributed by atoms with E-state index in [4.69, 9.17) is 11.6 Å². The third-order valence-corrected chi connectivity index (χ3v) is 3.21. The van der Waals surface area contributed by atoms with Crippen LogP contribution in [-0.2, 0) is 9.59 Å². The van der Waals surface area contributed by atoms with Crippen molar-refractivity contribution in [2.45, 2.75) is 18.7 Å². The molecule has 1 unspecified atom stereocenters. The van der Waals surface area contributed by atoms with Crippen LogP contribution in [0.25, 0.3) is 0 Å². The normalized spacial score (nSPS) is 18.2. The fourth-order valence-corrected chi connectivity index (χ4v) is 2.39. The minimum Gasteiger partial charge on any atom is -0.478 e. The first-order chi connectivity index (χ1) is 9.38. The largest absolute Gasteiger partial charge is 0.478 e. The molecule has 1 heterocycles. The van der Waals surface area contributed by atoms with Crippen molar-refractivity contribution in [1.82, 2.24) is 0 Å². The van der Waals surface area contributed by atoms with Gasteiger partial charge in [0, 0.05) is 25.6 Å². The molecule has 2 rings (SSSR count). The molecular formula is C13H13ClN2O4. The van der Waals surface area contributed by atoms with Crippen molar-refractivity contribution in [2.75, 3.05) is 16.8 Å². The van der Waals surface area contributed by atoms with Crippen LogP contribution in [0.3, 0.4) is 0 Å². The van der Waals surface area contributed by atoms with Crippen molar-refractivity contribution in [2.24, 2.45) is 0 Å². The van der Waals surface area contributed by atoms with E-state index in [1.807, 2.05) is 0 Å². The van der Waals surface area contributed by atoms with Crippen molar-refractivity contribution >= 4 is 40.8 Å². The second-order valence-electron chi connectivity index (χ2n) is 4.52. The van der Waals surface area contributed by atoms with Gasteiger partial charge in [0.2, 0.25) is 11.8 Å². The number of anilines is 2. The quantitative estimate of drug-likeness (QED) is 0.831. The van der Waals surface area contributed by atoms with Gasteiger partial charge in [0.25, 0.3) is 0 Å². The lowest BCUT2D eigenvalue weighted by molar-refractivity contribution is -0.117. The third-order valence-electron chi connectivity index (χ3n) is 2.92. The molecule has 106 valence electrons. The number of nitrogens with zero attached hydrogens (tertiary/aromatic N) is 1. The zero-order valence-corrected chi connectivity index (χ0v) is 11.5. The van der Waals surface area contributed by atoms with Gasteiger partial charge in [-0.15, -0.1) is 11.6 Å². The number of carbonyl (C=O) groups excluding carboxylic acids is 2. The number of nitrogens with one attached hydrogen (secondary N) is 1. The smallest absolute Gasteiger partial charge is 0.337 e. The van der Waals surface area contributed by atoms with Gasteiger partial charge in [-0.25, -0.2) is 4.79 Å². The van der Waals surface area contributed by atoms with Crippen LogP contribution in [0.5, 0.6) is 0 Å². The van der Waals surface area contributed by atoms with Gasteiger partial charge in [0.05, 0.1) is 16.6 Å². The topological polar surface area (TPSA) is 86.7 Å².